The van der Waals surface area contributed by atoms with Crippen molar-refractivity contribution in [1.82, 2.24) is 10.2 Å². The van der Waals surface area contributed by atoms with Crippen LogP contribution in [0.1, 0.15) is 24.0 Å². The van der Waals surface area contributed by atoms with Gasteiger partial charge in [-0.2, -0.15) is 0 Å². The largest absolute Gasteiger partial charge is 0.373 e. The summed E-state index contributed by atoms with van der Waals surface area (Å²) in [6, 6.07) is 18.2. The first kappa shape index (κ1) is 19.2. The molecule has 0 unspecified atom stereocenters. The van der Waals surface area contributed by atoms with E-state index < -0.39 is 0 Å². The molecule has 27 heavy (non-hydrogen) atoms. The third-order valence-electron chi connectivity index (χ3n) is 5.02. The first-order valence-corrected chi connectivity index (χ1v) is 9.75. The molecule has 0 bridgehead atoms. The maximum atomic E-state index is 12.2. The molecular formula is C23H29N3O. The van der Waals surface area contributed by atoms with Crippen LogP contribution in [-0.2, 0) is 11.3 Å². The molecule has 1 aliphatic rings. The smallest absolute Gasteiger partial charge is 0.244 e. The molecule has 142 valence electrons. The van der Waals surface area contributed by atoms with Crippen molar-refractivity contribution in [1.29, 1.82) is 0 Å². The lowest BCUT2D eigenvalue weighted by Gasteiger charge is -2.24. The van der Waals surface area contributed by atoms with Crippen molar-refractivity contribution in [2.75, 3.05) is 38.1 Å². The van der Waals surface area contributed by atoms with Crippen molar-refractivity contribution in [3.63, 3.8) is 0 Å². The third-order valence-corrected chi connectivity index (χ3v) is 5.02. The summed E-state index contributed by atoms with van der Waals surface area (Å²) < 4.78 is 0. The number of likely N-dealkylation sites (N-methyl/N-ethyl adjacent to an activating group) is 1. The molecule has 1 fully saturated rings. The zero-order valence-corrected chi connectivity index (χ0v) is 16.1. The number of amides is 1. The minimum atomic E-state index is -0.0756. The molecule has 2 aromatic carbocycles. The van der Waals surface area contributed by atoms with Gasteiger partial charge in [0.2, 0.25) is 5.91 Å². The number of carbonyl (C=O) groups is 1. The van der Waals surface area contributed by atoms with E-state index in [4.69, 9.17) is 0 Å². The lowest BCUT2D eigenvalue weighted by atomic mass is 10.1. The van der Waals surface area contributed by atoms with E-state index in [0.29, 0.717) is 6.54 Å². The number of anilines is 1. The van der Waals surface area contributed by atoms with E-state index in [1.807, 2.05) is 42.5 Å². The van der Waals surface area contributed by atoms with Gasteiger partial charge in [-0.15, -0.1) is 0 Å². The molecule has 0 aliphatic carbocycles. The Morgan fingerprint density at radius 2 is 1.78 bits per heavy atom. The van der Waals surface area contributed by atoms with Crippen LogP contribution >= 0.6 is 0 Å². The van der Waals surface area contributed by atoms with Crippen molar-refractivity contribution in [2.24, 2.45) is 0 Å². The van der Waals surface area contributed by atoms with Gasteiger partial charge < -0.3 is 15.1 Å². The Kier molecular flexibility index (Phi) is 7.05. The molecule has 4 nitrogen and oxygen atoms in total. The summed E-state index contributed by atoms with van der Waals surface area (Å²) in [7, 11) is 2.12. The van der Waals surface area contributed by atoms with Crippen LogP contribution in [0.2, 0.25) is 0 Å². The van der Waals surface area contributed by atoms with Gasteiger partial charge in [-0.05, 0) is 49.2 Å². The molecule has 0 spiro atoms. The van der Waals surface area contributed by atoms with Gasteiger partial charge in [-0.1, -0.05) is 48.5 Å². The number of benzene rings is 2. The lowest BCUT2D eigenvalue weighted by molar-refractivity contribution is -0.116. The molecule has 4 heteroatoms. The third kappa shape index (κ3) is 5.97. The molecule has 0 saturated carbocycles. The van der Waals surface area contributed by atoms with Crippen LogP contribution in [0.25, 0.3) is 6.08 Å². The van der Waals surface area contributed by atoms with Crippen LogP contribution in [0.3, 0.4) is 0 Å². The molecule has 1 saturated heterocycles. The molecule has 1 N–H and O–H groups in total. The number of nitrogens with one attached hydrogen (secondary N) is 1. The zero-order chi connectivity index (χ0) is 18.9. The molecule has 1 amide bonds. The molecule has 0 atom stereocenters. The van der Waals surface area contributed by atoms with Gasteiger partial charge in [0.25, 0.3) is 0 Å². The molecular weight excluding hydrogens is 334 g/mol. The maximum absolute atomic E-state index is 12.2. The van der Waals surface area contributed by atoms with Crippen molar-refractivity contribution in [3.05, 3.63) is 71.8 Å². The molecule has 0 aromatic heterocycles. The fourth-order valence-corrected chi connectivity index (χ4v) is 3.40. The van der Waals surface area contributed by atoms with Gasteiger partial charge in [0, 0.05) is 38.4 Å². The fraction of sp³-hybridized carbons (Fsp3) is 0.348. The van der Waals surface area contributed by atoms with Crippen LogP contribution in [0, 0.1) is 0 Å². The number of para-hydroxylation sites is 1. The fourth-order valence-electron chi connectivity index (χ4n) is 3.40. The highest BCUT2D eigenvalue weighted by Gasteiger charge is 2.12. The summed E-state index contributed by atoms with van der Waals surface area (Å²) in [6.45, 7) is 5.06. The predicted octanol–water partition coefficient (Wildman–Crippen LogP) is 3.55. The van der Waals surface area contributed by atoms with Crippen molar-refractivity contribution in [2.45, 2.75) is 19.4 Å². The molecule has 0 radical (unpaired) electrons. The Labute approximate surface area is 162 Å². The Bertz CT molecular complexity index is 751. The standard InChI is InChI=1S/C23H29N3O/c1-25(17-18-26-15-7-8-16-26)22-12-6-5-11-21(22)13-14-23(27)24-19-20-9-3-2-4-10-20/h2-6,9-14H,7-8,15-19H2,1H3,(H,24,27). The number of carbonyl (C=O) groups excluding carboxylic acids is 1. The van der Waals surface area contributed by atoms with E-state index in [9.17, 15) is 4.79 Å². The number of nitrogens with zero attached hydrogens (tertiary/aromatic N) is 2. The lowest BCUT2D eigenvalue weighted by Crippen LogP contribution is -2.31. The maximum Gasteiger partial charge on any atom is 0.244 e. The van der Waals surface area contributed by atoms with Gasteiger partial charge in [-0.25, -0.2) is 0 Å². The van der Waals surface area contributed by atoms with Crippen LogP contribution in [0.15, 0.2) is 60.7 Å². The zero-order valence-electron chi connectivity index (χ0n) is 16.1. The van der Waals surface area contributed by atoms with Crippen LogP contribution in [-0.4, -0.2) is 44.0 Å². The van der Waals surface area contributed by atoms with E-state index in [-0.39, 0.29) is 5.91 Å². The minimum Gasteiger partial charge on any atom is -0.373 e. The second-order valence-electron chi connectivity index (χ2n) is 7.07. The van der Waals surface area contributed by atoms with Gasteiger partial charge in [0.15, 0.2) is 0 Å². The summed E-state index contributed by atoms with van der Waals surface area (Å²) >= 11 is 0. The Morgan fingerprint density at radius 3 is 2.56 bits per heavy atom. The first-order chi connectivity index (χ1) is 13.2. The Hall–Kier alpha value is -2.59. The number of hydrogen-bond donors (Lipinski definition) is 1. The number of likely N-dealkylation sites (tertiary alicyclic amines) is 1. The van der Waals surface area contributed by atoms with Crippen LogP contribution in [0.4, 0.5) is 5.69 Å². The predicted molar refractivity (Wildman–Crippen MR) is 113 cm³/mol. The second-order valence-corrected chi connectivity index (χ2v) is 7.07. The SMILES string of the molecule is CN(CCN1CCCC1)c1ccccc1C=CC(=O)NCc1ccccc1. The van der Waals surface area contributed by atoms with Crippen LogP contribution < -0.4 is 10.2 Å². The van der Waals surface area contributed by atoms with Gasteiger partial charge >= 0.3 is 0 Å². The second kappa shape index (κ2) is 9.93. The molecule has 3 rings (SSSR count). The van der Waals surface area contributed by atoms with E-state index in [2.05, 4.69) is 40.4 Å². The van der Waals surface area contributed by atoms with Gasteiger partial charge in [0.1, 0.15) is 0 Å². The van der Waals surface area contributed by atoms with E-state index in [1.54, 1.807) is 6.08 Å². The van der Waals surface area contributed by atoms with Crippen LogP contribution in [0.5, 0.6) is 0 Å². The van der Waals surface area contributed by atoms with Crippen molar-refractivity contribution < 1.29 is 4.79 Å². The number of rotatable bonds is 8. The summed E-state index contributed by atoms with van der Waals surface area (Å²) in [5, 5.41) is 2.93. The van der Waals surface area contributed by atoms with E-state index in [1.165, 1.54) is 25.9 Å². The Morgan fingerprint density at radius 1 is 1.07 bits per heavy atom. The van der Waals surface area contributed by atoms with Crippen molar-refractivity contribution >= 4 is 17.7 Å². The topological polar surface area (TPSA) is 35.6 Å². The Balaban J connectivity index is 1.55. The molecule has 2 aromatic rings. The van der Waals surface area contributed by atoms with Gasteiger partial charge in [0.05, 0.1) is 0 Å². The monoisotopic (exact) mass is 363 g/mol. The average Bonchev–Trinajstić information content (AvgIpc) is 3.23. The summed E-state index contributed by atoms with van der Waals surface area (Å²) in [6.07, 6.45) is 6.17. The first-order valence-electron chi connectivity index (χ1n) is 9.75. The summed E-state index contributed by atoms with van der Waals surface area (Å²) in [4.78, 5) is 16.9. The highest BCUT2D eigenvalue weighted by atomic mass is 16.1. The average molecular weight is 364 g/mol. The normalized spacial score (nSPS) is 14.6. The van der Waals surface area contributed by atoms with Gasteiger partial charge in [-0.3, -0.25) is 4.79 Å². The summed E-state index contributed by atoms with van der Waals surface area (Å²) in [5.41, 5.74) is 3.32. The summed E-state index contributed by atoms with van der Waals surface area (Å²) in [5.74, 6) is -0.0756. The highest BCUT2D eigenvalue weighted by Crippen LogP contribution is 2.20. The molecule has 1 aliphatic heterocycles. The highest BCUT2D eigenvalue weighted by molar-refractivity contribution is 5.92. The van der Waals surface area contributed by atoms with E-state index >= 15 is 0 Å². The molecule has 1 heterocycles. The number of hydrogen-bond acceptors (Lipinski definition) is 3. The van der Waals surface area contributed by atoms with E-state index in [0.717, 1.165) is 29.9 Å². The quantitative estimate of drug-likeness (QED) is 0.729. The minimum absolute atomic E-state index is 0.0756. The van der Waals surface area contributed by atoms with Crippen molar-refractivity contribution in [3.8, 4) is 0 Å².